The number of hydrogen-bond donors (Lipinski definition) is 1. The highest BCUT2D eigenvalue weighted by atomic mass is 32.1. The lowest BCUT2D eigenvalue weighted by atomic mass is 9.79. The third kappa shape index (κ3) is 6.80. The van der Waals surface area contributed by atoms with Gasteiger partial charge < -0.3 is 10.2 Å². The van der Waals surface area contributed by atoms with Gasteiger partial charge in [-0.05, 0) is 52.7 Å². The molecule has 31 heavy (non-hydrogen) atoms. The predicted octanol–water partition coefficient (Wildman–Crippen LogP) is 5.70. The molecule has 0 saturated carbocycles. The zero-order chi connectivity index (χ0) is 22.6. The summed E-state index contributed by atoms with van der Waals surface area (Å²) >= 11 is 1.69. The lowest BCUT2D eigenvalue weighted by molar-refractivity contribution is -0.121. The van der Waals surface area contributed by atoms with Crippen LogP contribution in [0.25, 0.3) is 0 Å². The van der Waals surface area contributed by atoms with Crippen molar-refractivity contribution in [3.8, 4) is 0 Å². The van der Waals surface area contributed by atoms with Crippen LogP contribution in [-0.4, -0.2) is 30.5 Å². The fraction of sp³-hybridized carbons (Fsp3) is 0.615. The van der Waals surface area contributed by atoms with E-state index in [1.807, 2.05) is 11.6 Å². The first-order valence-corrected chi connectivity index (χ1v) is 12.5. The number of nitrogens with one attached hydrogen (secondary N) is 1. The summed E-state index contributed by atoms with van der Waals surface area (Å²) in [6, 6.07) is 6.91. The summed E-state index contributed by atoms with van der Waals surface area (Å²) in [5.41, 5.74) is 4.16. The van der Waals surface area contributed by atoms with Gasteiger partial charge in [0.2, 0.25) is 5.91 Å². The Morgan fingerprint density at radius 3 is 2.39 bits per heavy atom. The first kappa shape index (κ1) is 23.8. The van der Waals surface area contributed by atoms with Crippen LogP contribution < -0.4 is 10.2 Å². The van der Waals surface area contributed by atoms with Crippen LogP contribution in [0.15, 0.2) is 29.8 Å². The van der Waals surface area contributed by atoms with Gasteiger partial charge in [0.15, 0.2) is 5.13 Å². The van der Waals surface area contributed by atoms with E-state index in [1.165, 1.54) is 23.1 Å². The summed E-state index contributed by atoms with van der Waals surface area (Å²) in [4.78, 5) is 19.4. The van der Waals surface area contributed by atoms with Crippen LogP contribution in [0.5, 0.6) is 0 Å². The lowest BCUT2D eigenvalue weighted by Crippen LogP contribution is -2.41. The average Bonchev–Trinajstić information content (AvgIpc) is 3.24. The molecule has 1 aliphatic rings. The number of benzene rings is 1. The van der Waals surface area contributed by atoms with Crippen molar-refractivity contribution in [3.63, 3.8) is 0 Å². The molecule has 4 nitrogen and oxygen atoms in total. The molecule has 0 aliphatic carbocycles. The lowest BCUT2D eigenvalue weighted by Gasteiger charge is -2.32. The van der Waals surface area contributed by atoms with Gasteiger partial charge in [0, 0.05) is 37.6 Å². The first-order chi connectivity index (χ1) is 14.5. The van der Waals surface area contributed by atoms with Gasteiger partial charge in [-0.3, -0.25) is 4.79 Å². The second kappa shape index (κ2) is 9.72. The van der Waals surface area contributed by atoms with Crippen LogP contribution >= 0.6 is 11.3 Å². The highest BCUT2D eigenvalue weighted by Crippen LogP contribution is 2.31. The van der Waals surface area contributed by atoms with Crippen molar-refractivity contribution in [2.45, 2.75) is 78.1 Å². The summed E-state index contributed by atoms with van der Waals surface area (Å²) in [5, 5.41) is 6.33. The van der Waals surface area contributed by atoms with Crippen molar-refractivity contribution in [2.75, 3.05) is 24.5 Å². The van der Waals surface area contributed by atoms with Crippen LogP contribution in [0.2, 0.25) is 0 Å². The molecule has 3 rings (SSSR count). The Morgan fingerprint density at radius 2 is 1.81 bits per heavy atom. The highest BCUT2D eigenvalue weighted by Gasteiger charge is 2.23. The van der Waals surface area contributed by atoms with E-state index in [-0.39, 0.29) is 16.7 Å². The molecule has 1 N–H and O–H groups in total. The zero-order valence-corrected chi connectivity index (χ0v) is 20.9. The fourth-order valence-corrected chi connectivity index (χ4v) is 4.76. The molecule has 1 fully saturated rings. The van der Waals surface area contributed by atoms with E-state index in [0.717, 1.165) is 37.6 Å². The third-order valence-corrected chi connectivity index (χ3v) is 6.99. The van der Waals surface area contributed by atoms with Gasteiger partial charge in [0.05, 0.1) is 0 Å². The molecule has 1 aliphatic heterocycles. The summed E-state index contributed by atoms with van der Waals surface area (Å²) < 4.78 is 0. The van der Waals surface area contributed by atoms with Gasteiger partial charge in [-0.1, -0.05) is 59.7 Å². The van der Waals surface area contributed by atoms with E-state index in [4.69, 9.17) is 0 Å². The fourth-order valence-electron chi connectivity index (χ4n) is 4.08. The number of amides is 1. The van der Waals surface area contributed by atoms with Crippen molar-refractivity contribution >= 4 is 22.4 Å². The molecule has 0 spiro atoms. The van der Waals surface area contributed by atoms with Crippen molar-refractivity contribution in [1.29, 1.82) is 0 Å². The van der Waals surface area contributed by atoms with Crippen LogP contribution in [-0.2, 0) is 22.0 Å². The van der Waals surface area contributed by atoms with Gasteiger partial charge in [-0.15, -0.1) is 11.3 Å². The molecule has 1 aromatic carbocycles. The largest absolute Gasteiger partial charge is 0.356 e. The Balaban J connectivity index is 1.54. The molecule has 5 heteroatoms. The number of carbonyl (C=O) groups excluding carboxylic acids is 1. The number of rotatable bonds is 6. The van der Waals surface area contributed by atoms with Gasteiger partial charge in [-0.25, -0.2) is 4.98 Å². The molecule has 1 atom stereocenters. The number of nitrogens with zero attached hydrogens (tertiary/aromatic N) is 2. The number of anilines is 1. The van der Waals surface area contributed by atoms with Crippen LogP contribution in [0.4, 0.5) is 5.13 Å². The Hall–Kier alpha value is -1.88. The Morgan fingerprint density at radius 1 is 1.13 bits per heavy atom. The molecule has 1 aromatic heterocycles. The SMILES string of the molecule is CC(C)(C)c1cc(CCC(=O)NCC2CCCN(c3nccs3)C2)cc(C(C)(C)C)c1. The molecular formula is C26H39N3OS. The second-order valence-electron chi connectivity index (χ2n) is 11.0. The first-order valence-electron chi connectivity index (χ1n) is 11.6. The Kier molecular flexibility index (Phi) is 7.46. The van der Waals surface area contributed by atoms with Gasteiger partial charge in [-0.2, -0.15) is 0 Å². The maximum atomic E-state index is 12.6. The maximum Gasteiger partial charge on any atom is 0.220 e. The average molecular weight is 442 g/mol. The maximum absolute atomic E-state index is 12.6. The molecule has 2 aromatic rings. The number of aromatic nitrogens is 1. The summed E-state index contributed by atoms with van der Waals surface area (Å²) in [7, 11) is 0. The van der Waals surface area contributed by atoms with E-state index in [9.17, 15) is 4.79 Å². The predicted molar refractivity (Wildman–Crippen MR) is 132 cm³/mol. The molecule has 1 unspecified atom stereocenters. The minimum absolute atomic E-state index is 0.0997. The summed E-state index contributed by atoms with van der Waals surface area (Å²) in [6.07, 6.45) is 5.53. The number of piperidine rings is 1. The van der Waals surface area contributed by atoms with Crippen LogP contribution in [0, 0.1) is 5.92 Å². The number of aryl methyl sites for hydroxylation is 1. The molecule has 0 radical (unpaired) electrons. The second-order valence-corrected chi connectivity index (χ2v) is 11.9. The summed E-state index contributed by atoms with van der Waals surface area (Å²) in [6.45, 7) is 16.3. The Labute approximate surface area is 192 Å². The number of hydrogen-bond acceptors (Lipinski definition) is 4. The molecular weight excluding hydrogens is 402 g/mol. The monoisotopic (exact) mass is 441 g/mol. The topological polar surface area (TPSA) is 45.2 Å². The van der Waals surface area contributed by atoms with Gasteiger partial charge >= 0.3 is 0 Å². The van der Waals surface area contributed by atoms with E-state index in [0.29, 0.717) is 12.3 Å². The summed E-state index contributed by atoms with van der Waals surface area (Å²) in [5.74, 6) is 0.656. The van der Waals surface area contributed by atoms with Gasteiger partial charge in [0.1, 0.15) is 0 Å². The number of thiazole rings is 1. The van der Waals surface area contributed by atoms with E-state index in [2.05, 4.69) is 74.9 Å². The third-order valence-electron chi connectivity index (χ3n) is 6.16. The highest BCUT2D eigenvalue weighted by molar-refractivity contribution is 7.13. The minimum Gasteiger partial charge on any atom is -0.356 e. The molecule has 1 saturated heterocycles. The minimum atomic E-state index is 0.0997. The molecule has 1 amide bonds. The van der Waals surface area contributed by atoms with Crippen molar-refractivity contribution in [3.05, 3.63) is 46.5 Å². The molecule has 170 valence electrons. The van der Waals surface area contributed by atoms with Crippen molar-refractivity contribution < 1.29 is 4.79 Å². The van der Waals surface area contributed by atoms with Crippen molar-refractivity contribution in [1.82, 2.24) is 10.3 Å². The molecule has 2 heterocycles. The standard InChI is InChI=1S/C26H39N3OS/c1-25(2,3)21-14-19(15-22(16-21)26(4,5)6)9-10-23(30)28-17-20-8-7-12-29(18-20)24-27-11-13-31-24/h11,13-16,20H,7-10,12,17-18H2,1-6H3,(H,28,30). The quantitative estimate of drug-likeness (QED) is 0.625. The normalized spacial score (nSPS) is 17.6. The van der Waals surface area contributed by atoms with Crippen LogP contribution in [0.3, 0.4) is 0 Å². The number of carbonyl (C=O) groups is 1. The zero-order valence-electron chi connectivity index (χ0n) is 20.1. The van der Waals surface area contributed by atoms with Crippen LogP contribution in [0.1, 0.15) is 77.5 Å². The van der Waals surface area contributed by atoms with E-state index < -0.39 is 0 Å². The Bertz CT molecular complexity index is 830. The smallest absolute Gasteiger partial charge is 0.220 e. The van der Waals surface area contributed by atoms with E-state index >= 15 is 0 Å². The van der Waals surface area contributed by atoms with Crippen molar-refractivity contribution in [2.24, 2.45) is 5.92 Å². The van der Waals surface area contributed by atoms with Gasteiger partial charge in [0.25, 0.3) is 0 Å². The van der Waals surface area contributed by atoms with E-state index in [1.54, 1.807) is 11.3 Å². The molecule has 0 bridgehead atoms.